The second kappa shape index (κ2) is 7.36. The topological polar surface area (TPSA) is 71.1 Å². The van der Waals surface area contributed by atoms with Crippen LogP contribution in [-0.4, -0.2) is 43.3 Å². The van der Waals surface area contributed by atoms with Gasteiger partial charge in [-0.2, -0.15) is 0 Å². The van der Waals surface area contributed by atoms with E-state index in [1.54, 1.807) is 23.1 Å². The maximum Gasteiger partial charge on any atom is 0.325 e. The lowest BCUT2D eigenvalue weighted by molar-refractivity contribution is -0.121. The van der Waals surface area contributed by atoms with E-state index in [1.807, 2.05) is 24.3 Å². The second-order valence-corrected chi connectivity index (χ2v) is 6.67. The highest BCUT2D eigenvalue weighted by molar-refractivity contribution is 6.31. The second-order valence-electron chi connectivity index (χ2n) is 6.26. The molecule has 8 heteroatoms. The molecule has 0 aromatic heterocycles. The monoisotopic (exact) mass is 387 g/mol. The van der Waals surface area contributed by atoms with Crippen molar-refractivity contribution in [3.05, 3.63) is 53.1 Å². The summed E-state index contributed by atoms with van der Waals surface area (Å²) in [6, 6.07) is 12.5. The number of anilines is 1. The van der Waals surface area contributed by atoms with Gasteiger partial charge in [-0.05, 0) is 23.8 Å². The van der Waals surface area contributed by atoms with Gasteiger partial charge in [-0.3, -0.25) is 9.69 Å². The summed E-state index contributed by atoms with van der Waals surface area (Å²) >= 11 is 6.09. The van der Waals surface area contributed by atoms with Gasteiger partial charge in [0.05, 0.1) is 0 Å². The van der Waals surface area contributed by atoms with Gasteiger partial charge in [0.1, 0.15) is 6.54 Å². The van der Waals surface area contributed by atoms with Crippen molar-refractivity contribution in [2.24, 2.45) is 0 Å². The normalized spacial score (nSPS) is 15.4. The van der Waals surface area contributed by atoms with Crippen LogP contribution in [-0.2, 0) is 11.3 Å². The molecule has 0 unspecified atom stereocenters. The van der Waals surface area contributed by atoms with Crippen molar-refractivity contribution in [2.45, 2.75) is 6.54 Å². The Kier molecular flexibility index (Phi) is 4.77. The fraction of sp³-hybridized carbons (Fsp3) is 0.263. The Labute approximate surface area is 161 Å². The molecule has 0 saturated carbocycles. The number of carbonyl (C=O) groups is 2. The number of nitrogens with one attached hydrogen (secondary N) is 1. The smallest absolute Gasteiger partial charge is 0.325 e. The fourth-order valence-electron chi connectivity index (χ4n) is 3.09. The van der Waals surface area contributed by atoms with E-state index in [2.05, 4.69) is 5.32 Å². The highest BCUT2D eigenvalue weighted by atomic mass is 35.5. The molecule has 1 saturated heterocycles. The predicted molar refractivity (Wildman–Crippen MR) is 100 cm³/mol. The van der Waals surface area contributed by atoms with Crippen LogP contribution in [0.2, 0.25) is 5.02 Å². The van der Waals surface area contributed by atoms with Crippen LogP contribution in [0.1, 0.15) is 5.56 Å². The Hall–Kier alpha value is -2.93. The predicted octanol–water partition coefficient (Wildman–Crippen LogP) is 2.63. The molecule has 0 aliphatic carbocycles. The first kappa shape index (κ1) is 17.5. The Bertz CT molecular complexity index is 889. The molecule has 0 bridgehead atoms. The molecule has 0 radical (unpaired) electrons. The van der Waals surface area contributed by atoms with Gasteiger partial charge < -0.3 is 19.7 Å². The molecule has 2 aromatic rings. The quantitative estimate of drug-likeness (QED) is 0.856. The Morgan fingerprint density at radius 3 is 2.78 bits per heavy atom. The van der Waals surface area contributed by atoms with E-state index in [1.165, 1.54) is 4.90 Å². The zero-order valence-electron chi connectivity index (χ0n) is 14.5. The first-order chi connectivity index (χ1) is 13.1. The molecule has 140 valence electrons. The standard InChI is InChI=1S/C19H18ClN3O4/c20-15-4-2-1-3-13(15)10-21-18(24)11-22-7-8-23(19(22)25)14-5-6-16-17(9-14)27-12-26-16/h1-6,9H,7-8,10-12H2,(H,21,24). The number of urea groups is 1. The number of carbonyl (C=O) groups excluding carboxylic acids is 2. The summed E-state index contributed by atoms with van der Waals surface area (Å²) in [5.74, 6) is 1.06. The van der Waals surface area contributed by atoms with Crippen LogP contribution in [0.3, 0.4) is 0 Å². The van der Waals surface area contributed by atoms with Crippen molar-refractivity contribution in [2.75, 3.05) is 31.3 Å². The number of nitrogens with zero attached hydrogens (tertiary/aromatic N) is 2. The van der Waals surface area contributed by atoms with E-state index >= 15 is 0 Å². The number of halogens is 1. The highest BCUT2D eigenvalue weighted by Crippen LogP contribution is 2.36. The molecular formula is C19H18ClN3O4. The SMILES string of the molecule is O=C(CN1CCN(c2ccc3c(c2)OCO3)C1=O)NCc1ccccc1Cl. The number of ether oxygens (including phenoxy) is 2. The van der Waals surface area contributed by atoms with Gasteiger partial charge in [0, 0.05) is 36.4 Å². The maximum atomic E-state index is 12.6. The minimum Gasteiger partial charge on any atom is -0.454 e. The molecule has 2 aliphatic heterocycles. The van der Waals surface area contributed by atoms with Crippen LogP contribution in [0.4, 0.5) is 10.5 Å². The third kappa shape index (κ3) is 3.64. The van der Waals surface area contributed by atoms with E-state index in [0.717, 1.165) is 11.3 Å². The molecule has 7 nitrogen and oxygen atoms in total. The lowest BCUT2D eigenvalue weighted by Gasteiger charge is -2.18. The summed E-state index contributed by atoms with van der Waals surface area (Å²) in [5, 5.41) is 3.40. The van der Waals surface area contributed by atoms with Crippen LogP contribution >= 0.6 is 11.6 Å². The van der Waals surface area contributed by atoms with Crippen LogP contribution in [0, 0.1) is 0 Å². The van der Waals surface area contributed by atoms with Crippen LogP contribution in [0.15, 0.2) is 42.5 Å². The molecule has 4 rings (SSSR count). The van der Waals surface area contributed by atoms with E-state index in [-0.39, 0.29) is 25.3 Å². The van der Waals surface area contributed by atoms with Crippen molar-refractivity contribution in [3.8, 4) is 11.5 Å². The minimum atomic E-state index is -0.226. The van der Waals surface area contributed by atoms with Crippen LogP contribution < -0.4 is 19.7 Å². The van der Waals surface area contributed by atoms with Gasteiger partial charge in [0.15, 0.2) is 11.5 Å². The number of benzene rings is 2. The first-order valence-corrected chi connectivity index (χ1v) is 8.96. The summed E-state index contributed by atoms with van der Waals surface area (Å²) in [4.78, 5) is 28.0. The van der Waals surface area contributed by atoms with Gasteiger partial charge in [-0.15, -0.1) is 0 Å². The summed E-state index contributed by atoms with van der Waals surface area (Å²) in [5.41, 5.74) is 1.56. The highest BCUT2D eigenvalue weighted by Gasteiger charge is 2.31. The molecule has 27 heavy (non-hydrogen) atoms. The Morgan fingerprint density at radius 1 is 1.11 bits per heavy atom. The van der Waals surface area contributed by atoms with Crippen LogP contribution in [0.5, 0.6) is 11.5 Å². The molecule has 3 amide bonds. The third-order valence-corrected chi connectivity index (χ3v) is 4.90. The fourth-order valence-corrected chi connectivity index (χ4v) is 3.29. The summed E-state index contributed by atoms with van der Waals surface area (Å²) in [7, 11) is 0. The number of hydrogen-bond acceptors (Lipinski definition) is 4. The third-order valence-electron chi connectivity index (χ3n) is 4.53. The lowest BCUT2D eigenvalue weighted by Crippen LogP contribution is -2.39. The van der Waals surface area contributed by atoms with Gasteiger partial charge in [-0.25, -0.2) is 4.79 Å². The number of amides is 3. The van der Waals surface area contributed by atoms with Crippen molar-refractivity contribution in [1.29, 1.82) is 0 Å². The minimum absolute atomic E-state index is 0.00430. The van der Waals surface area contributed by atoms with E-state index in [9.17, 15) is 9.59 Å². The zero-order chi connectivity index (χ0) is 18.8. The van der Waals surface area contributed by atoms with E-state index in [0.29, 0.717) is 36.2 Å². The molecule has 2 aromatic carbocycles. The molecule has 1 fully saturated rings. The average Bonchev–Trinajstić information content (AvgIpc) is 3.27. The molecule has 1 N–H and O–H groups in total. The number of hydrogen-bond donors (Lipinski definition) is 1. The largest absolute Gasteiger partial charge is 0.454 e. The molecule has 2 heterocycles. The van der Waals surface area contributed by atoms with Gasteiger partial charge in [0.25, 0.3) is 0 Å². The van der Waals surface area contributed by atoms with E-state index < -0.39 is 0 Å². The molecular weight excluding hydrogens is 370 g/mol. The Morgan fingerprint density at radius 2 is 1.93 bits per heavy atom. The maximum absolute atomic E-state index is 12.6. The summed E-state index contributed by atoms with van der Waals surface area (Å²) in [6.45, 7) is 1.50. The molecule has 2 aliphatic rings. The zero-order valence-corrected chi connectivity index (χ0v) is 15.2. The summed E-state index contributed by atoms with van der Waals surface area (Å²) < 4.78 is 10.7. The summed E-state index contributed by atoms with van der Waals surface area (Å²) in [6.07, 6.45) is 0. The van der Waals surface area contributed by atoms with E-state index in [4.69, 9.17) is 21.1 Å². The van der Waals surface area contributed by atoms with Crippen LogP contribution in [0.25, 0.3) is 0 Å². The van der Waals surface area contributed by atoms with Crippen molar-refractivity contribution < 1.29 is 19.1 Å². The lowest BCUT2D eigenvalue weighted by atomic mass is 10.2. The Balaban J connectivity index is 1.35. The average molecular weight is 388 g/mol. The van der Waals surface area contributed by atoms with Gasteiger partial charge in [-0.1, -0.05) is 29.8 Å². The molecule has 0 spiro atoms. The van der Waals surface area contributed by atoms with Crippen molar-refractivity contribution >= 4 is 29.2 Å². The first-order valence-electron chi connectivity index (χ1n) is 8.58. The van der Waals surface area contributed by atoms with Gasteiger partial charge in [0.2, 0.25) is 12.7 Å². The molecule has 0 atom stereocenters. The number of fused-ring (bicyclic) bond motifs is 1. The van der Waals surface area contributed by atoms with Gasteiger partial charge >= 0.3 is 6.03 Å². The number of rotatable bonds is 5. The van der Waals surface area contributed by atoms with Crippen molar-refractivity contribution in [3.63, 3.8) is 0 Å². The van der Waals surface area contributed by atoms with Crippen molar-refractivity contribution in [1.82, 2.24) is 10.2 Å².